The lowest BCUT2D eigenvalue weighted by atomic mass is 9.80. The van der Waals surface area contributed by atoms with E-state index in [1.807, 2.05) is 11.3 Å². The Hall–Kier alpha value is -7.06. The molecule has 0 fully saturated rings. The van der Waals surface area contributed by atoms with Gasteiger partial charge in [-0.25, -0.2) is 0 Å². The van der Waals surface area contributed by atoms with E-state index in [1.165, 1.54) is 130 Å². The fourth-order valence-electron chi connectivity index (χ4n) is 10.9. The fraction of sp³-hybridized carbons (Fsp3) is 0.0508. The smallest absolute Gasteiger partial charge is 0.0433 e. The summed E-state index contributed by atoms with van der Waals surface area (Å²) >= 11 is 1.94. The van der Waals surface area contributed by atoms with E-state index in [4.69, 9.17) is 0 Å². The van der Waals surface area contributed by atoms with Crippen molar-refractivity contribution in [1.82, 2.24) is 0 Å². The third-order valence-electron chi connectivity index (χ3n) is 13.6. The number of thiophene rings is 1. The normalized spacial score (nSPS) is 13.3. The van der Waals surface area contributed by atoms with Gasteiger partial charge in [0.25, 0.3) is 0 Å². The summed E-state index contributed by atoms with van der Waals surface area (Å²) in [6, 6.07) is 72.9. The van der Waals surface area contributed by atoms with Crippen molar-refractivity contribution in [3.63, 3.8) is 0 Å². The van der Waals surface area contributed by atoms with Crippen LogP contribution >= 0.6 is 11.3 Å². The molecule has 0 nitrogen and oxygen atoms in total. The van der Waals surface area contributed by atoms with Crippen LogP contribution in [0.5, 0.6) is 0 Å². The zero-order chi connectivity index (χ0) is 39.7. The van der Waals surface area contributed by atoms with Crippen LogP contribution in [0.2, 0.25) is 0 Å². The van der Waals surface area contributed by atoms with E-state index in [0.717, 1.165) is 0 Å². The first-order valence-corrected chi connectivity index (χ1v) is 21.8. The third kappa shape index (κ3) is 4.67. The molecule has 1 aromatic heterocycles. The summed E-state index contributed by atoms with van der Waals surface area (Å²) in [5, 5.41) is 15.5. The molecular weight excluding hydrogens is 741 g/mol. The summed E-state index contributed by atoms with van der Waals surface area (Å²) in [4.78, 5) is 0. The Bertz CT molecular complexity index is 3750. The van der Waals surface area contributed by atoms with Gasteiger partial charge in [0.2, 0.25) is 0 Å². The van der Waals surface area contributed by atoms with Gasteiger partial charge in [0.05, 0.1) is 0 Å². The van der Waals surface area contributed by atoms with Crippen LogP contribution in [-0.2, 0) is 5.41 Å². The highest BCUT2D eigenvalue weighted by Crippen LogP contribution is 2.55. The lowest BCUT2D eigenvalue weighted by Crippen LogP contribution is -2.15. The minimum absolute atomic E-state index is 0.0523. The van der Waals surface area contributed by atoms with Crippen LogP contribution < -0.4 is 0 Å². The van der Waals surface area contributed by atoms with Crippen LogP contribution in [0.15, 0.2) is 194 Å². The summed E-state index contributed by atoms with van der Waals surface area (Å²) in [6.45, 7) is 4.80. The molecule has 0 saturated heterocycles. The molecule has 0 spiro atoms. The van der Waals surface area contributed by atoms with Crippen LogP contribution in [0.3, 0.4) is 0 Å². The number of rotatable bonds is 3. The predicted octanol–water partition coefficient (Wildman–Crippen LogP) is 17.1. The van der Waals surface area contributed by atoms with Gasteiger partial charge in [0.1, 0.15) is 0 Å². The maximum Gasteiger partial charge on any atom is 0.0433 e. The molecule has 1 heterocycles. The second kappa shape index (κ2) is 12.5. The highest BCUT2D eigenvalue weighted by Gasteiger charge is 2.37. The van der Waals surface area contributed by atoms with Crippen molar-refractivity contribution in [1.29, 1.82) is 0 Å². The minimum Gasteiger partial charge on any atom is -0.135 e. The standard InChI is InChI=1S/C59H38S/c1-59(2)52-22-12-11-17-44(52)50-31-32-53-56(57(50)59)51-28-26-38-34-37(25-27-41(38)58(51)60-53)40-29-30-49(43-16-6-5-15-42(40)43)55-47-20-9-7-18-45(47)54(46-19-8-10-21-48(46)55)39-24-23-35-13-3-4-14-36(35)33-39/h3-34H,1-2H3. The third-order valence-corrected chi connectivity index (χ3v) is 14.8. The Labute approximate surface area is 352 Å². The molecular formula is C59H38S. The van der Waals surface area contributed by atoms with E-state index in [9.17, 15) is 0 Å². The summed E-state index contributed by atoms with van der Waals surface area (Å²) in [7, 11) is 0. The molecule has 1 heteroatoms. The predicted molar refractivity (Wildman–Crippen MR) is 261 cm³/mol. The van der Waals surface area contributed by atoms with E-state index >= 15 is 0 Å². The first kappa shape index (κ1) is 33.9. The molecule has 0 bridgehead atoms. The van der Waals surface area contributed by atoms with Gasteiger partial charge in [-0.2, -0.15) is 0 Å². The van der Waals surface area contributed by atoms with Crippen molar-refractivity contribution in [3.05, 3.63) is 205 Å². The Morgan fingerprint density at radius 1 is 0.350 bits per heavy atom. The first-order chi connectivity index (χ1) is 29.5. The molecule has 12 aromatic rings. The number of hydrogen-bond donors (Lipinski definition) is 0. The van der Waals surface area contributed by atoms with Crippen molar-refractivity contribution in [3.8, 4) is 44.5 Å². The highest BCUT2D eigenvalue weighted by molar-refractivity contribution is 7.26. The molecule has 0 saturated carbocycles. The van der Waals surface area contributed by atoms with Gasteiger partial charge in [0, 0.05) is 25.6 Å². The van der Waals surface area contributed by atoms with Crippen molar-refractivity contribution >= 4 is 85.4 Å². The molecule has 280 valence electrons. The monoisotopic (exact) mass is 778 g/mol. The van der Waals surface area contributed by atoms with Crippen molar-refractivity contribution < 1.29 is 0 Å². The van der Waals surface area contributed by atoms with E-state index < -0.39 is 0 Å². The van der Waals surface area contributed by atoms with Gasteiger partial charge in [-0.05, 0) is 128 Å². The highest BCUT2D eigenvalue weighted by atomic mass is 32.1. The lowest BCUT2D eigenvalue weighted by molar-refractivity contribution is 0.667. The zero-order valence-corrected chi connectivity index (χ0v) is 34.2. The van der Waals surface area contributed by atoms with Gasteiger partial charge in [-0.1, -0.05) is 190 Å². The van der Waals surface area contributed by atoms with Crippen LogP contribution in [0.4, 0.5) is 0 Å². The molecule has 11 aromatic carbocycles. The number of fused-ring (bicyclic) bond motifs is 13. The minimum atomic E-state index is -0.0523. The lowest BCUT2D eigenvalue weighted by Gasteiger charge is -2.22. The Morgan fingerprint density at radius 3 is 1.67 bits per heavy atom. The van der Waals surface area contributed by atoms with Crippen LogP contribution in [0, 0.1) is 0 Å². The molecule has 0 radical (unpaired) electrons. The Kier molecular flexibility index (Phi) is 7.04. The summed E-state index contributed by atoms with van der Waals surface area (Å²) in [5.74, 6) is 0. The molecule has 1 aliphatic rings. The topological polar surface area (TPSA) is 0 Å². The second-order valence-electron chi connectivity index (χ2n) is 17.1. The number of hydrogen-bond acceptors (Lipinski definition) is 1. The van der Waals surface area contributed by atoms with Gasteiger partial charge >= 0.3 is 0 Å². The Morgan fingerprint density at radius 2 is 0.900 bits per heavy atom. The van der Waals surface area contributed by atoms with Gasteiger partial charge in [-0.15, -0.1) is 11.3 Å². The maximum atomic E-state index is 2.41. The second-order valence-corrected chi connectivity index (χ2v) is 18.2. The van der Waals surface area contributed by atoms with Crippen molar-refractivity contribution in [2.45, 2.75) is 19.3 Å². The number of benzene rings is 11. The van der Waals surface area contributed by atoms with E-state index in [0.29, 0.717) is 0 Å². The summed E-state index contributed by atoms with van der Waals surface area (Å²) < 4.78 is 2.74. The molecule has 0 amide bonds. The average Bonchev–Trinajstić information content (AvgIpc) is 3.79. The van der Waals surface area contributed by atoms with E-state index in [1.54, 1.807) is 0 Å². The fourth-order valence-corrected chi connectivity index (χ4v) is 12.2. The van der Waals surface area contributed by atoms with E-state index in [2.05, 4.69) is 208 Å². The molecule has 0 aliphatic heterocycles. The summed E-state index contributed by atoms with van der Waals surface area (Å²) in [5.41, 5.74) is 13.2. The average molecular weight is 779 g/mol. The van der Waals surface area contributed by atoms with E-state index in [-0.39, 0.29) is 5.41 Å². The molecule has 0 unspecified atom stereocenters. The molecule has 1 aliphatic carbocycles. The van der Waals surface area contributed by atoms with Crippen LogP contribution in [0.1, 0.15) is 25.0 Å². The van der Waals surface area contributed by atoms with Crippen LogP contribution in [0.25, 0.3) is 119 Å². The summed E-state index contributed by atoms with van der Waals surface area (Å²) in [6.07, 6.45) is 0. The van der Waals surface area contributed by atoms with Crippen LogP contribution in [-0.4, -0.2) is 0 Å². The molecule has 60 heavy (non-hydrogen) atoms. The quantitative estimate of drug-likeness (QED) is 0.157. The SMILES string of the molecule is CC1(C)c2ccccc2-c2ccc3sc4c5ccc(-c6ccc(-c7c8ccccc8c(-c8ccc9ccccc9c8)c8ccccc78)c7ccccc67)cc5ccc4c3c21. The molecule has 13 rings (SSSR count). The maximum absolute atomic E-state index is 2.41. The molecule has 0 atom stereocenters. The Balaban J connectivity index is 0.986. The zero-order valence-electron chi connectivity index (χ0n) is 33.4. The first-order valence-electron chi connectivity index (χ1n) is 21.0. The van der Waals surface area contributed by atoms with Crippen molar-refractivity contribution in [2.75, 3.05) is 0 Å². The van der Waals surface area contributed by atoms with Crippen molar-refractivity contribution in [2.24, 2.45) is 0 Å². The van der Waals surface area contributed by atoms with Gasteiger partial charge < -0.3 is 0 Å². The largest absolute Gasteiger partial charge is 0.135 e. The molecule has 0 N–H and O–H groups in total. The van der Waals surface area contributed by atoms with Gasteiger partial charge in [-0.3, -0.25) is 0 Å². The van der Waals surface area contributed by atoms with Gasteiger partial charge in [0.15, 0.2) is 0 Å².